The Balaban J connectivity index is 1.20. The zero-order valence-electron chi connectivity index (χ0n) is 25.0. The molecule has 0 aliphatic carbocycles. The van der Waals surface area contributed by atoms with Crippen molar-refractivity contribution in [1.82, 2.24) is 19.8 Å². The molecule has 2 aliphatic rings. The summed E-state index contributed by atoms with van der Waals surface area (Å²) in [6.07, 6.45) is 3.30. The zero-order chi connectivity index (χ0) is 29.6. The van der Waals surface area contributed by atoms with Gasteiger partial charge in [0.1, 0.15) is 5.82 Å². The van der Waals surface area contributed by atoms with Crippen LogP contribution < -0.4 is 11.1 Å². The summed E-state index contributed by atoms with van der Waals surface area (Å²) in [5, 5.41) is 11.5. The van der Waals surface area contributed by atoms with E-state index in [2.05, 4.69) is 14.8 Å². The lowest BCUT2D eigenvalue weighted by Gasteiger charge is -2.32. The van der Waals surface area contributed by atoms with Crippen LogP contribution in [0.3, 0.4) is 0 Å². The van der Waals surface area contributed by atoms with E-state index in [9.17, 15) is 4.79 Å². The number of nitrogens with zero attached hydrogens (tertiary/aromatic N) is 3. The molecule has 234 valence electrons. The number of ether oxygens (including phenoxy) is 4. The molecule has 1 aromatic heterocycles. The van der Waals surface area contributed by atoms with E-state index in [1.165, 1.54) is 12.2 Å². The average molecular weight is 605 g/mol. The molecular formula is C30H48N6O5S. The number of thioether (sulfide) groups is 1. The van der Waals surface area contributed by atoms with Crippen molar-refractivity contribution >= 4 is 34.4 Å². The zero-order valence-corrected chi connectivity index (χ0v) is 25.8. The first-order valence-electron chi connectivity index (χ1n) is 15.2. The Morgan fingerprint density at radius 1 is 1.02 bits per heavy atom. The van der Waals surface area contributed by atoms with Gasteiger partial charge in [-0.2, -0.15) is 11.8 Å². The Bertz CT molecular complexity index is 1120. The second-order valence-electron chi connectivity index (χ2n) is 10.9. The Morgan fingerprint density at radius 3 is 2.26 bits per heavy atom. The Hall–Kier alpha value is -2.06. The fourth-order valence-electron chi connectivity index (χ4n) is 5.18. The summed E-state index contributed by atoms with van der Waals surface area (Å²) in [5.74, 6) is 2.58. The molecule has 2 saturated heterocycles. The highest BCUT2D eigenvalue weighted by Gasteiger charge is 2.25. The summed E-state index contributed by atoms with van der Waals surface area (Å²) >= 11 is 2.01. The smallest absolute Gasteiger partial charge is 0.251 e. The maximum absolute atomic E-state index is 12.9. The average Bonchev–Trinajstić information content (AvgIpc) is 3.31. The van der Waals surface area contributed by atoms with Crippen molar-refractivity contribution in [2.24, 2.45) is 11.7 Å². The number of rotatable bonds is 20. The summed E-state index contributed by atoms with van der Waals surface area (Å²) in [7, 11) is 0. The number of fused-ring (bicyclic) bond motifs is 1. The molecule has 2 fully saturated rings. The number of hydrogen-bond acceptors (Lipinski definition) is 10. The number of benzene rings is 1. The summed E-state index contributed by atoms with van der Waals surface area (Å²) < 4.78 is 24.1. The van der Waals surface area contributed by atoms with Crippen LogP contribution in [0.4, 0.5) is 0 Å². The molecule has 0 saturated carbocycles. The summed E-state index contributed by atoms with van der Waals surface area (Å²) in [6.45, 7) is 10.6. The predicted molar refractivity (Wildman–Crippen MR) is 167 cm³/mol. The maximum atomic E-state index is 12.9. The van der Waals surface area contributed by atoms with Gasteiger partial charge in [-0.1, -0.05) is 0 Å². The highest BCUT2D eigenvalue weighted by atomic mass is 32.2. The van der Waals surface area contributed by atoms with Crippen LogP contribution in [0.2, 0.25) is 0 Å². The largest absolute Gasteiger partial charge is 0.378 e. The van der Waals surface area contributed by atoms with Crippen LogP contribution in [0.1, 0.15) is 42.4 Å². The van der Waals surface area contributed by atoms with Gasteiger partial charge in [-0.3, -0.25) is 9.69 Å². The lowest BCUT2D eigenvalue weighted by Crippen LogP contribution is -2.36. The van der Waals surface area contributed by atoms with Crippen LogP contribution in [0, 0.1) is 11.3 Å². The molecule has 11 nitrogen and oxygen atoms in total. The van der Waals surface area contributed by atoms with E-state index in [0.717, 1.165) is 61.6 Å². The van der Waals surface area contributed by atoms with Crippen molar-refractivity contribution in [1.29, 1.82) is 5.41 Å². The molecule has 12 heteroatoms. The van der Waals surface area contributed by atoms with Gasteiger partial charge in [0.25, 0.3) is 5.91 Å². The van der Waals surface area contributed by atoms with Gasteiger partial charge in [0.2, 0.25) is 0 Å². The summed E-state index contributed by atoms with van der Waals surface area (Å²) in [6, 6.07) is 5.81. The fourth-order valence-corrected chi connectivity index (χ4v) is 6.00. The van der Waals surface area contributed by atoms with E-state index in [1.54, 1.807) is 0 Å². The maximum Gasteiger partial charge on any atom is 0.251 e. The summed E-state index contributed by atoms with van der Waals surface area (Å²) in [5.41, 5.74) is 8.75. The number of hydrogen-bond donors (Lipinski definition) is 3. The molecule has 1 amide bonds. The van der Waals surface area contributed by atoms with Crippen molar-refractivity contribution in [3.8, 4) is 0 Å². The monoisotopic (exact) mass is 604 g/mol. The molecule has 0 spiro atoms. The molecule has 4 rings (SSSR count). The lowest BCUT2D eigenvalue weighted by atomic mass is 9.93. The first kappa shape index (κ1) is 32.8. The van der Waals surface area contributed by atoms with Gasteiger partial charge in [0.15, 0.2) is 0 Å². The van der Waals surface area contributed by atoms with Crippen LogP contribution in [0.15, 0.2) is 18.2 Å². The van der Waals surface area contributed by atoms with Crippen molar-refractivity contribution in [2.75, 3.05) is 84.8 Å². The van der Waals surface area contributed by atoms with Crippen LogP contribution >= 0.6 is 11.8 Å². The standard InChI is InChI=1S/C30H48N6O5S/c1-23(32)24-4-9-35(10-5-24)22-29-34-27-3-2-25(20-28(27)36(29)21-26-6-19-42-26)30(37)33-8-12-39-14-16-41-18-17-40-15-13-38-11-7-31/h2-3,20,24,26,32H,4-19,21-22,31H2,1H3,(H,33,37). The molecule has 0 radical (unpaired) electrons. The van der Waals surface area contributed by atoms with E-state index in [1.807, 2.05) is 36.9 Å². The number of carbonyl (C=O) groups excluding carboxylic acids is 1. The number of nitrogens with two attached hydrogens (primary N) is 1. The van der Waals surface area contributed by atoms with Crippen LogP contribution in [-0.4, -0.2) is 116 Å². The SMILES string of the molecule is CC(=N)C1CCN(Cc2nc3ccc(C(=O)NCCOCCOCCOCCOCCN)cc3n2CC2CCS2)CC1. The lowest BCUT2D eigenvalue weighted by molar-refractivity contribution is -0.000579. The van der Waals surface area contributed by atoms with Crippen molar-refractivity contribution < 1.29 is 23.7 Å². The molecule has 1 unspecified atom stereocenters. The van der Waals surface area contributed by atoms with Crippen LogP contribution in [-0.2, 0) is 32.0 Å². The third kappa shape index (κ3) is 10.3. The Labute approximate surface area is 253 Å². The van der Waals surface area contributed by atoms with E-state index in [-0.39, 0.29) is 5.91 Å². The summed E-state index contributed by atoms with van der Waals surface area (Å²) in [4.78, 5) is 20.4. The topological polar surface area (TPSA) is 137 Å². The molecular weight excluding hydrogens is 556 g/mol. The third-order valence-corrected chi connectivity index (χ3v) is 9.07. The van der Waals surface area contributed by atoms with E-state index >= 15 is 0 Å². The molecule has 1 atom stereocenters. The first-order chi connectivity index (χ1) is 20.5. The molecule has 0 bridgehead atoms. The molecule has 4 N–H and O–H groups in total. The quantitative estimate of drug-likeness (QED) is 0.154. The number of piperidine rings is 1. The minimum atomic E-state index is -0.110. The molecule has 42 heavy (non-hydrogen) atoms. The van der Waals surface area contributed by atoms with E-state index < -0.39 is 0 Å². The van der Waals surface area contributed by atoms with Gasteiger partial charge in [-0.15, -0.1) is 0 Å². The second-order valence-corrected chi connectivity index (χ2v) is 12.3. The van der Waals surface area contributed by atoms with Gasteiger partial charge < -0.3 is 40.0 Å². The number of nitrogens with one attached hydrogen (secondary N) is 2. The van der Waals surface area contributed by atoms with Crippen LogP contribution in [0.25, 0.3) is 11.0 Å². The van der Waals surface area contributed by atoms with Crippen LogP contribution in [0.5, 0.6) is 0 Å². The number of imidazole rings is 1. The fraction of sp³-hybridized carbons (Fsp3) is 0.700. The minimum absolute atomic E-state index is 0.110. The molecule has 1 aromatic carbocycles. The van der Waals surface area contributed by atoms with Gasteiger partial charge in [0.05, 0.1) is 70.4 Å². The predicted octanol–water partition coefficient (Wildman–Crippen LogP) is 2.55. The highest BCUT2D eigenvalue weighted by Crippen LogP contribution is 2.31. The van der Waals surface area contributed by atoms with Gasteiger partial charge in [-0.05, 0) is 69.1 Å². The highest BCUT2D eigenvalue weighted by molar-refractivity contribution is 8.01. The Morgan fingerprint density at radius 2 is 1.67 bits per heavy atom. The second kappa shape index (κ2) is 17.9. The molecule has 2 aromatic rings. The van der Waals surface area contributed by atoms with Gasteiger partial charge >= 0.3 is 0 Å². The van der Waals surface area contributed by atoms with Gasteiger partial charge in [0, 0.05) is 36.2 Å². The van der Waals surface area contributed by atoms with Gasteiger partial charge in [-0.25, -0.2) is 4.98 Å². The number of aromatic nitrogens is 2. The number of likely N-dealkylation sites (tertiary alicyclic amines) is 1. The number of amides is 1. The van der Waals surface area contributed by atoms with Crippen molar-refractivity contribution in [3.05, 3.63) is 29.6 Å². The van der Waals surface area contributed by atoms with E-state index in [4.69, 9.17) is 35.1 Å². The Kier molecular flexibility index (Phi) is 14.0. The first-order valence-corrected chi connectivity index (χ1v) is 16.3. The normalized spacial score (nSPS) is 17.9. The molecule has 3 heterocycles. The minimum Gasteiger partial charge on any atom is -0.378 e. The molecule has 2 aliphatic heterocycles. The number of carbonyl (C=O) groups is 1. The van der Waals surface area contributed by atoms with Crippen molar-refractivity contribution in [2.45, 2.75) is 44.5 Å². The third-order valence-electron chi connectivity index (χ3n) is 7.74. The van der Waals surface area contributed by atoms with E-state index in [0.29, 0.717) is 82.7 Å². The van der Waals surface area contributed by atoms with Crippen molar-refractivity contribution in [3.63, 3.8) is 0 Å².